The molecule has 0 saturated carbocycles. The van der Waals surface area contributed by atoms with Crippen molar-refractivity contribution in [3.8, 4) is 5.75 Å². The number of benzene rings is 2. The van der Waals surface area contributed by atoms with Gasteiger partial charge in [-0.25, -0.2) is 9.59 Å². The highest BCUT2D eigenvalue weighted by molar-refractivity contribution is 6.30. The standard InChI is InChI=1S/C27H34ClN5O6/c1-4-5-6-22(16-7-9-20(26(35)36)21(29)13-16)31-27(37)33-15-24(32-39-3)30-14-18(25(33)34)11-17-12-19(28)8-10-23(17)38-2/h7-10,12-13,18,22H,4-6,11,14-15,29H2,1-3H3,(H,30,32)(H,31,37)(H,35,36)/t18-,22+/m0/s1. The van der Waals surface area contributed by atoms with Crippen molar-refractivity contribution in [3.05, 3.63) is 58.1 Å². The Hall–Kier alpha value is -3.83. The van der Waals surface area contributed by atoms with Gasteiger partial charge in [0.25, 0.3) is 0 Å². The zero-order chi connectivity index (χ0) is 28.5. The second kappa shape index (κ2) is 13.8. The van der Waals surface area contributed by atoms with Gasteiger partial charge in [-0.3, -0.25) is 25.0 Å². The number of imide groups is 1. The molecule has 11 nitrogen and oxygen atoms in total. The summed E-state index contributed by atoms with van der Waals surface area (Å²) in [6.45, 7) is 2.02. The zero-order valence-electron chi connectivity index (χ0n) is 22.2. The van der Waals surface area contributed by atoms with Gasteiger partial charge in [-0.05, 0) is 54.3 Å². The minimum absolute atomic E-state index is 0.0206. The number of hydrogen-bond donors (Lipinski definition) is 4. The second-order valence-corrected chi connectivity index (χ2v) is 9.61. The molecular weight excluding hydrogens is 526 g/mol. The van der Waals surface area contributed by atoms with Crippen LogP contribution in [-0.2, 0) is 16.1 Å². The molecule has 0 spiro atoms. The maximum atomic E-state index is 13.7. The molecule has 1 aliphatic rings. The number of halogens is 1. The number of hydroxylamine groups is 1. The summed E-state index contributed by atoms with van der Waals surface area (Å²) in [4.78, 5) is 49.3. The quantitative estimate of drug-likeness (QED) is 0.253. The van der Waals surface area contributed by atoms with Crippen molar-refractivity contribution in [2.45, 2.75) is 38.6 Å². The number of ether oxygens (including phenoxy) is 1. The fourth-order valence-corrected chi connectivity index (χ4v) is 4.62. The Kier molecular flexibility index (Phi) is 10.5. The number of methoxy groups -OCH3 is 1. The number of amidine groups is 1. The van der Waals surface area contributed by atoms with Crippen LogP contribution in [0.5, 0.6) is 5.75 Å². The van der Waals surface area contributed by atoms with Crippen molar-refractivity contribution >= 4 is 41.0 Å². The van der Waals surface area contributed by atoms with Crippen LogP contribution < -0.4 is 21.3 Å². The number of nitrogen functional groups attached to an aromatic ring is 1. The number of hydrogen-bond acceptors (Lipinski definition) is 8. The van der Waals surface area contributed by atoms with Crippen LogP contribution >= 0.6 is 11.6 Å². The summed E-state index contributed by atoms with van der Waals surface area (Å²) in [6.07, 6.45) is 2.48. The van der Waals surface area contributed by atoms with Crippen LogP contribution in [0.3, 0.4) is 0 Å². The lowest BCUT2D eigenvalue weighted by atomic mass is 9.97. The predicted molar refractivity (Wildman–Crippen MR) is 148 cm³/mol. The number of amides is 3. The van der Waals surface area contributed by atoms with E-state index in [2.05, 4.69) is 15.8 Å². The van der Waals surface area contributed by atoms with Crippen LogP contribution in [0, 0.1) is 5.92 Å². The summed E-state index contributed by atoms with van der Waals surface area (Å²) in [5.41, 5.74) is 10.1. The number of carbonyl (C=O) groups is 3. The molecule has 2 aromatic rings. The molecule has 1 heterocycles. The number of anilines is 1. The molecule has 5 N–H and O–H groups in total. The van der Waals surface area contributed by atoms with Gasteiger partial charge < -0.3 is 20.9 Å². The fraction of sp³-hybridized carbons (Fsp3) is 0.407. The first kappa shape index (κ1) is 29.7. The molecule has 210 valence electrons. The third-order valence-corrected chi connectivity index (χ3v) is 6.69. The number of nitrogens with one attached hydrogen (secondary N) is 2. The molecule has 0 bridgehead atoms. The van der Waals surface area contributed by atoms with Crippen LogP contribution in [0.2, 0.25) is 5.02 Å². The van der Waals surface area contributed by atoms with Crippen molar-refractivity contribution in [2.75, 3.05) is 33.0 Å². The number of aliphatic imine (C=N–C) groups is 1. The van der Waals surface area contributed by atoms with E-state index in [4.69, 9.17) is 26.9 Å². The van der Waals surface area contributed by atoms with Gasteiger partial charge in [-0.2, -0.15) is 0 Å². The second-order valence-electron chi connectivity index (χ2n) is 9.17. The maximum absolute atomic E-state index is 13.7. The molecule has 0 radical (unpaired) electrons. The van der Waals surface area contributed by atoms with Gasteiger partial charge in [-0.15, -0.1) is 0 Å². The van der Waals surface area contributed by atoms with Gasteiger partial charge in [0.2, 0.25) is 5.91 Å². The molecule has 0 fully saturated rings. The molecule has 3 amide bonds. The van der Waals surface area contributed by atoms with Crippen molar-refractivity contribution in [2.24, 2.45) is 10.9 Å². The minimum atomic E-state index is -1.14. The van der Waals surface area contributed by atoms with Gasteiger partial charge >= 0.3 is 12.0 Å². The first-order chi connectivity index (χ1) is 18.7. The average Bonchev–Trinajstić information content (AvgIpc) is 3.05. The Bertz CT molecular complexity index is 1240. The fourth-order valence-electron chi connectivity index (χ4n) is 4.42. The number of nitrogens with zero attached hydrogens (tertiary/aromatic N) is 2. The number of carboxylic acids is 1. The molecule has 0 saturated heterocycles. The molecule has 0 aliphatic carbocycles. The van der Waals surface area contributed by atoms with Crippen molar-refractivity contribution in [1.82, 2.24) is 15.7 Å². The summed E-state index contributed by atoms with van der Waals surface area (Å²) in [6, 6.07) is 8.62. The van der Waals surface area contributed by atoms with Crippen LogP contribution in [0.25, 0.3) is 0 Å². The first-order valence-corrected chi connectivity index (χ1v) is 13.0. The third kappa shape index (κ3) is 7.61. The lowest BCUT2D eigenvalue weighted by molar-refractivity contribution is -0.131. The topological polar surface area (TPSA) is 156 Å². The number of aromatic carboxylic acids is 1. The van der Waals surface area contributed by atoms with E-state index < -0.39 is 29.9 Å². The Labute approximate surface area is 232 Å². The van der Waals surface area contributed by atoms with Crippen molar-refractivity contribution < 1.29 is 29.1 Å². The SMILES string of the molecule is CCCC[C@@H](NC(=O)N1CC(NOC)=NC[C@H](Cc2cc(Cl)ccc2OC)C1=O)c1ccc(C(=O)O)c(N)c1. The summed E-state index contributed by atoms with van der Waals surface area (Å²) < 4.78 is 5.44. The number of carboxylic acid groups (broad SMARTS) is 1. The number of urea groups is 1. The highest BCUT2D eigenvalue weighted by Crippen LogP contribution is 2.28. The van der Waals surface area contributed by atoms with Crippen molar-refractivity contribution in [1.29, 1.82) is 0 Å². The minimum Gasteiger partial charge on any atom is -0.496 e. The lowest BCUT2D eigenvalue weighted by Gasteiger charge is -2.27. The van der Waals surface area contributed by atoms with E-state index in [1.807, 2.05) is 6.92 Å². The third-order valence-electron chi connectivity index (χ3n) is 6.45. The Morgan fingerprint density at radius 3 is 2.67 bits per heavy atom. The monoisotopic (exact) mass is 559 g/mol. The van der Waals surface area contributed by atoms with Crippen molar-refractivity contribution in [3.63, 3.8) is 0 Å². The van der Waals surface area contributed by atoms with Crippen LogP contribution in [0.15, 0.2) is 41.4 Å². The van der Waals surface area contributed by atoms with E-state index in [1.165, 1.54) is 20.3 Å². The van der Waals surface area contributed by atoms with Crippen LogP contribution in [0.1, 0.15) is 53.7 Å². The smallest absolute Gasteiger partial charge is 0.337 e. The summed E-state index contributed by atoms with van der Waals surface area (Å²) >= 11 is 6.19. The number of rotatable bonds is 10. The van der Waals surface area contributed by atoms with Crippen LogP contribution in [0.4, 0.5) is 10.5 Å². The van der Waals surface area contributed by atoms with E-state index >= 15 is 0 Å². The molecule has 0 aromatic heterocycles. The highest BCUT2D eigenvalue weighted by Gasteiger charge is 2.34. The Morgan fingerprint density at radius 1 is 1.26 bits per heavy atom. The average molecular weight is 560 g/mol. The molecule has 39 heavy (non-hydrogen) atoms. The number of unbranched alkanes of at least 4 members (excludes halogenated alkanes) is 1. The van der Waals surface area contributed by atoms with Gasteiger partial charge in [0.05, 0.1) is 44.8 Å². The van der Waals surface area contributed by atoms with E-state index in [-0.39, 0.29) is 30.8 Å². The summed E-state index contributed by atoms with van der Waals surface area (Å²) in [5, 5.41) is 12.8. The van der Waals surface area contributed by atoms with E-state index in [1.54, 1.807) is 30.3 Å². The molecule has 2 atom stereocenters. The van der Waals surface area contributed by atoms with Gasteiger partial charge in [0, 0.05) is 10.7 Å². The first-order valence-electron chi connectivity index (χ1n) is 12.6. The molecule has 12 heteroatoms. The number of nitrogens with two attached hydrogens (primary N) is 1. The van der Waals surface area contributed by atoms with E-state index in [0.29, 0.717) is 28.6 Å². The summed E-state index contributed by atoms with van der Waals surface area (Å²) in [5.74, 6) is -1.32. The zero-order valence-corrected chi connectivity index (χ0v) is 23.0. The molecule has 2 aromatic carbocycles. The largest absolute Gasteiger partial charge is 0.496 e. The van der Waals surface area contributed by atoms with Gasteiger partial charge in [0.1, 0.15) is 11.6 Å². The summed E-state index contributed by atoms with van der Waals surface area (Å²) in [7, 11) is 2.95. The molecule has 1 aliphatic heterocycles. The number of carbonyl (C=O) groups excluding carboxylic acids is 2. The lowest BCUT2D eigenvalue weighted by Crippen LogP contribution is -2.50. The molecule has 0 unspecified atom stereocenters. The molecular formula is C27H34ClN5O6. The molecule has 3 rings (SSSR count). The predicted octanol–water partition coefficient (Wildman–Crippen LogP) is 3.82. The highest BCUT2D eigenvalue weighted by atomic mass is 35.5. The van der Waals surface area contributed by atoms with Gasteiger partial charge in [-0.1, -0.05) is 37.4 Å². The van der Waals surface area contributed by atoms with Gasteiger partial charge in [0.15, 0.2) is 0 Å². The Balaban J connectivity index is 1.89. The van der Waals surface area contributed by atoms with E-state index in [0.717, 1.165) is 23.3 Å². The maximum Gasteiger partial charge on any atom is 0.337 e. The van der Waals surface area contributed by atoms with E-state index in [9.17, 15) is 19.5 Å². The Morgan fingerprint density at radius 2 is 2.03 bits per heavy atom. The van der Waals surface area contributed by atoms with Crippen LogP contribution in [-0.4, -0.2) is 61.1 Å². The normalized spacial score (nSPS) is 16.2.